The number of fused-ring (bicyclic) bond motifs is 3. The number of H-pyrrole nitrogens is 1. The van der Waals surface area contributed by atoms with Crippen LogP contribution in [0.15, 0.2) is 23.0 Å². The lowest BCUT2D eigenvalue weighted by Crippen LogP contribution is -2.22. The van der Waals surface area contributed by atoms with E-state index in [1.807, 2.05) is 12.1 Å². The molecule has 0 amide bonds. The Morgan fingerprint density at radius 3 is 3.06 bits per heavy atom. The van der Waals surface area contributed by atoms with Crippen molar-refractivity contribution in [1.82, 2.24) is 9.97 Å². The van der Waals surface area contributed by atoms with Gasteiger partial charge in [-0.25, -0.2) is 4.98 Å². The van der Waals surface area contributed by atoms with Crippen LogP contribution in [0.3, 0.4) is 0 Å². The average molecular weight is 262 g/mol. The molecule has 4 nitrogen and oxygen atoms in total. The standard InChI is InChI=1S/C13H12ClN3O/c1-6-4-10-11(12(18)17-13(15)16-10)8-3-2-7(14)5-9(6)8/h2-3,5-6H,4H2,1H3,(H3,15,16,17,18). The summed E-state index contributed by atoms with van der Waals surface area (Å²) >= 11 is 6.01. The van der Waals surface area contributed by atoms with E-state index in [1.165, 1.54) is 0 Å². The highest BCUT2D eigenvalue weighted by atomic mass is 35.5. The van der Waals surface area contributed by atoms with Crippen LogP contribution in [0.4, 0.5) is 5.95 Å². The van der Waals surface area contributed by atoms with Crippen molar-refractivity contribution in [3.63, 3.8) is 0 Å². The van der Waals surface area contributed by atoms with Crippen LogP contribution in [0.5, 0.6) is 0 Å². The topological polar surface area (TPSA) is 71.8 Å². The number of nitrogens with one attached hydrogen (secondary N) is 1. The Hall–Kier alpha value is -1.81. The van der Waals surface area contributed by atoms with Crippen LogP contribution >= 0.6 is 11.6 Å². The van der Waals surface area contributed by atoms with Gasteiger partial charge in [-0.3, -0.25) is 9.78 Å². The van der Waals surface area contributed by atoms with Gasteiger partial charge >= 0.3 is 0 Å². The van der Waals surface area contributed by atoms with Gasteiger partial charge in [0.25, 0.3) is 5.56 Å². The number of hydrogen-bond acceptors (Lipinski definition) is 3. The number of anilines is 1. The van der Waals surface area contributed by atoms with E-state index >= 15 is 0 Å². The summed E-state index contributed by atoms with van der Waals surface area (Å²) in [6, 6.07) is 5.58. The molecule has 18 heavy (non-hydrogen) atoms. The summed E-state index contributed by atoms with van der Waals surface area (Å²) in [4.78, 5) is 18.8. The molecule has 5 heteroatoms. The molecule has 1 heterocycles. The second-order valence-corrected chi connectivity index (χ2v) is 5.05. The number of nitrogen functional groups attached to an aromatic ring is 1. The molecule has 0 aliphatic heterocycles. The molecule has 3 N–H and O–H groups in total. The molecule has 0 saturated heterocycles. The quantitative estimate of drug-likeness (QED) is 0.765. The van der Waals surface area contributed by atoms with Gasteiger partial charge in [0.05, 0.1) is 11.3 Å². The number of halogens is 1. The predicted octanol–water partition coefficient (Wildman–Crippen LogP) is 2.33. The Morgan fingerprint density at radius 1 is 1.50 bits per heavy atom. The zero-order valence-corrected chi connectivity index (χ0v) is 10.6. The van der Waals surface area contributed by atoms with Crippen LogP contribution in [0, 0.1) is 0 Å². The van der Waals surface area contributed by atoms with Gasteiger partial charge < -0.3 is 5.73 Å². The summed E-state index contributed by atoms with van der Waals surface area (Å²) in [7, 11) is 0. The fourth-order valence-corrected chi connectivity index (χ4v) is 2.71. The molecule has 3 rings (SSSR count). The van der Waals surface area contributed by atoms with Crippen molar-refractivity contribution in [2.75, 3.05) is 5.73 Å². The molecule has 1 aromatic carbocycles. The fourth-order valence-electron chi connectivity index (χ4n) is 2.53. The van der Waals surface area contributed by atoms with E-state index < -0.39 is 0 Å². The van der Waals surface area contributed by atoms with E-state index in [2.05, 4.69) is 16.9 Å². The molecule has 0 radical (unpaired) electrons. The number of rotatable bonds is 0. The smallest absolute Gasteiger partial charge is 0.260 e. The van der Waals surface area contributed by atoms with Crippen molar-refractivity contribution in [3.8, 4) is 11.1 Å². The molecule has 1 aliphatic carbocycles. The Labute approximate surface area is 109 Å². The Kier molecular flexibility index (Phi) is 2.41. The van der Waals surface area contributed by atoms with E-state index in [1.54, 1.807) is 6.07 Å². The van der Waals surface area contributed by atoms with Gasteiger partial charge in [0.1, 0.15) is 0 Å². The Morgan fingerprint density at radius 2 is 2.28 bits per heavy atom. The third-order valence-electron chi connectivity index (χ3n) is 3.33. The van der Waals surface area contributed by atoms with Crippen molar-refractivity contribution < 1.29 is 0 Å². The maximum absolute atomic E-state index is 12.0. The molecule has 0 bridgehead atoms. The number of hydrogen-bond donors (Lipinski definition) is 2. The van der Waals surface area contributed by atoms with Crippen molar-refractivity contribution >= 4 is 17.5 Å². The summed E-state index contributed by atoms with van der Waals surface area (Å²) in [6.45, 7) is 2.09. The number of benzene rings is 1. The normalized spacial score (nSPS) is 17.1. The first-order valence-corrected chi connectivity index (χ1v) is 6.12. The number of nitrogens with two attached hydrogens (primary N) is 1. The van der Waals surface area contributed by atoms with E-state index in [0.717, 1.165) is 16.8 Å². The maximum Gasteiger partial charge on any atom is 0.260 e. The SMILES string of the molecule is CC1Cc2nc(N)[nH]c(=O)c2-c2ccc(Cl)cc21. The van der Waals surface area contributed by atoms with E-state index in [-0.39, 0.29) is 17.4 Å². The fraction of sp³-hybridized carbons (Fsp3) is 0.231. The molecule has 1 aliphatic rings. The summed E-state index contributed by atoms with van der Waals surface area (Å²) in [5, 5.41) is 0.684. The van der Waals surface area contributed by atoms with Gasteiger partial charge in [-0.2, -0.15) is 0 Å². The van der Waals surface area contributed by atoms with Gasteiger partial charge in [-0.05, 0) is 35.6 Å². The number of aromatic amines is 1. The van der Waals surface area contributed by atoms with Crippen LogP contribution in [0.2, 0.25) is 5.02 Å². The first-order chi connectivity index (χ1) is 8.56. The molecule has 1 unspecified atom stereocenters. The third-order valence-corrected chi connectivity index (χ3v) is 3.56. The molecule has 1 atom stereocenters. The molecule has 92 valence electrons. The van der Waals surface area contributed by atoms with Crippen LogP contribution < -0.4 is 11.3 Å². The largest absolute Gasteiger partial charge is 0.369 e. The Balaban J connectivity index is 2.36. The second kappa shape index (κ2) is 3.85. The predicted molar refractivity (Wildman–Crippen MR) is 71.8 cm³/mol. The summed E-state index contributed by atoms with van der Waals surface area (Å²) in [6.07, 6.45) is 0.705. The highest BCUT2D eigenvalue weighted by molar-refractivity contribution is 6.30. The van der Waals surface area contributed by atoms with Gasteiger partial charge in [0.2, 0.25) is 5.95 Å². The minimum atomic E-state index is -0.187. The number of aromatic nitrogens is 2. The van der Waals surface area contributed by atoms with E-state index in [0.29, 0.717) is 17.0 Å². The van der Waals surface area contributed by atoms with Crippen molar-refractivity contribution in [1.29, 1.82) is 0 Å². The maximum atomic E-state index is 12.0. The minimum absolute atomic E-state index is 0.170. The zero-order chi connectivity index (χ0) is 12.9. The third kappa shape index (κ3) is 1.61. The molecule has 0 saturated carbocycles. The van der Waals surface area contributed by atoms with Crippen molar-refractivity contribution in [2.45, 2.75) is 19.3 Å². The van der Waals surface area contributed by atoms with Crippen LogP contribution in [-0.4, -0.2) is 9.97 Å². The van der Waals surface area contributed by atoms with E-state index in [9.17, 15) is 4.79 Å². The number of nitrogens with zero attached hydrogens (tertiary/aromatic N) is 1. The highest BCUT2D eigenvalue weighted by Crippen LogP contribution is 2.38. The monoisotopic (exact) mass is 261 g/mol. The molecule has 0 spiro atoms. The summed E-state index contributed by atoms with van der Waals surface area (Å²) in [5.41, 5.74) is 8.77. The second-order valence-electron chi connectivity index (χ2n) is 4.61. The highest BCUT2D eigenvalue weighted by Gasteiger charge is 2.25. The lowest BCUT2D eigenvalue weighted by molar-refractivity contribution is 0.726. The van der Waals surface area contributed by atoms with E-state index in [4.69, 9.17) is 17.3 Å². The van der Waals surface area contributed by atoms with Gasteiger partial charge in [-0.1, -0.05) is 24.6 Å². The van der Waals surface area contributed by atoms with Crippen LogP contribution in [-0.2, 0) is 6.42 Å². The lowest BCUT2D eigenvalue weighted by atomic mass is 9.82. The van der Waals surface area contributed by atoms with Gasteiger partial charge in [-0.15, -0.1) is 0 Å². The van der Waals surface area contributed by atoms with Gasteiger partial charge in [0.15, 0.2) is 0 Å². The Bertz CT molecular complexity index is 693. The first-order valence-electron chi connectivity index (χ1n) is 5.74. The minimum Gasteiger partial charge on any atom is -0.369 e. The van der Waals surface area contributed by atoms with Crippen molar-refractivity contribution in [3.05, 3.63) is 44.8 Å². The lowest BCUT2D eigenvalue weighted by Gasteiger charge is -2.23. The average Bonchev–Trinajstić information content (AvgIpc) is 2.29. The molecule has 2 aromatic rings. The summed E-state index contributed by atoms with van der Waals surface area (Å²) in [5.74, 6) is 0.447. The van der Waals surface area contributed by atoms with Crippen LogP contribution in [0.25, 0.3) is 11.1 Å². The van der Waals surface area contributed by atoms with Gasteiger partial charge in [0, 0.05) is 5.02 Å². The summed E-state index contributed by atoms with van der Waals surface area (Å²) < 4.78 is 0. The molecular weight excluding hydrogens is 250 g/mol. The van der Waals surface area contributed by atoms with Crippen LogP contribution in [0.1, 0.15) is 24.1 Å². The zero-order valence-electron chi connectivity index (χ0n) is 9.83. The molecular formula is C13H12ClN3O. The van der Waals surface area contributed by atoms with Crippen molar-refractivity contribution in [2.24, 2.45) is 0 Å². The molecule has 0 fully saturated rings. The molecule has 1 aromatic heterocycles. The first kappa shape index (κ1) is 11.3.